The zero-order valence-electron chi connectivity index (χ0n) is 16.6. The second kappa shape index (κ2) is 7.09. The van der Waals surface area contributed by atoms with Crippen molar-refractivity contribution in [3.63, 3.8) is 0 Å². The summed E-state index contributed by atoms with van der Waals surface area (Å²) >= 11 is 6.42. The number of carboxylic acid groups (broad SMARTS) is 2. The Bertz CT molecular complexity index is 1110. The van der Waals surface area contributed by atoms with Gasteiger partial charge in [0.05, 0.1) is 28.9 Å². The Morgan fingerprint density at radius 3 is 2.32 bits per heavy atom. The van der Waals surface area contributed by atoms with Gasteiger partial charge in [-0.15, -0.1) is 0 Å². The molecule has 0 saturated heterocycles. The lowest BCUT2D eigenvalue weighted by molar-refractivity contribution is -0.168. The molecule has 0 spiro atoms. The summed E-state index contributed by atoms with van der Waals surface area (Å²) in [5, 5.41) is 26.4. The minimum Gasteiger partial charge on any atom is -0.481 e. The summed E-state index contributed by atoms with van der Waals surface area (Å²) in [6.07, 6.45) is 5.64. The number of nitrogens with zero attached hydrogens (tertiary/aromatic N) is 2. The molecule has 0 amide bonds. The van der Waals surface area contributed by atoms with Gasteiger partial charge in [0.25, 0.3) is 5.56 Å². The molecule has 4 bridgehead atoms. The first-order valence-electron chi connectivity index (χ1n) is 10.4. The number of carbonyl (C=O) groups is 2. The van der Waals surface area contributed by atoms with Crippen LogP contribution in [-0.4, -0.2) is 31.9 Å². The Morgan fingerprint density at radius 2 is 1.74 bits per heavy atom. The van der Waals surface area contributed by atoms with Gasteiger partial charge >= 0.3 is 11.9 Å². The number of nitrogens with one attached hydrogen (secondary N) is 1. The first-order chi connectivity index (χ1) is 14.8. The molecule has 4 saturated carbocycles. The predicted molar refractivity (Wildman–Crippen MR) is 113 cm³/mol. The van der Waals surface area contributed by atoms with E-state index in [4.69, 9.17) is 16.7 Å². The highest BCUT2D eigenvalue weighted by atomic mass is 35.5. The van der Waals surface area contributed by atoms with E-state index < -0.39 is 29.0 Å². The molecule has 8 nitrogen and oxygen atoms in total. The lowest BCUT2D eigenvalue weighted by atomic mass is 9.48. The molecular formula is C22H22ClN3O5. The van der Waals surface area contributed by atoms with Crippen LogP contribution in [0, 0.1) is 23.7 Å². The highest BCUT2D eigenvalue weighted by molar-refractivity contribution is 6.33. The number of anilines is 2. The second-order valence-corrected chi connectivity index (χ2v) is 9.50. The van der Waals surface area contributed by atoms with Crippen LogP contribution in [0.2, 0.25) is 5.02 Å². The Labute approximate surface area is 182 Å². The molecule has 3 unspecified atom stereocenters. The van der Waals surface area contributed by atoms with Crippen molar-refractivity contribution in [1.82, 2.24) is 9.78 Å². The number of hydrogen-bond acceptors (Lipinski definition) is 5. The Balaban J connectivity index is 1.51. The first-order valence-corrected chi connectivity index (χ1v) is 10.8. The van der Waals surface area contributed by atoms with Crippen LogP contribution >= 0.6 is 11.6 Å². The maximum absolute atomic E-state index is 13.3. The maximum Gasteiger partial charge on any atom is 0.335 e. The third kappa shape index (κ3) is 3.12. The van der Waals surface area contributed by atoms with Gasteiger partial charge in [0.2, 0.25) is 0 Å². The zero-order valence-corrected chi connectivity index (χ0v) is 17.4. The first kappa shape index (κ1) is 20.1. The Kier molecular flexibility index (Phi) is 4.58. The number of aliphatic carboxylic acids is 1. The molecule has 0 aliphatic heterocycles. The summed E-state index contributed by atoms with van der Waals surface area (Å²) in [5.41, 5.74) is -0.330. The molecule has 162 valence electrons. The van der Waals surface area contributed by atoms with Gasteiger partial charge in [-0.2, -0.15) is 5.10 Å². The van der Waals surface area contributed by atoms with Gasteiger partial charge in [0, 0.05) is 5.69 Å². The fraction of sp³-hybridized carbons (Fsp3) is 0.455. The lowest BCUT2D eigenvalue weighted by Crippen LogP contribution is -2.63. The molecule has 4 aliphatic carbocycles. The molecule has 3 N–H and O–H groups in total. The number of aromatic nitrogens is 2. The van der Waals surface area contributed by atoms with Gasteiger partial charge < -0.3 is 15.5 Å². The molecule has 4 fully saturated rings. The van der Waals surface area contributed by atoms with Crippen molar-refractivity contribution in [2.45, 2.75) is 37.6 Å². The standard InChI is InChI=1S/C22H22ClN3O5/c23-18-16(25-15-3-1-13(2-4-15)20(28)29)10-24-26(19(18)27)22-8-11-5-12(9-22)7-14(6-11)17(22)21(30)31/h1-4,10-12,14,17,25H,5-9H2,(H,28,29)(H,30,31). The Morgan fingerprint density at radius 1 is 1.10 bits per heavy atom. The maximum atomic E-state index is 13.3. The summed E-state index contributed by atoms with van der Waals surface area (Å²) in [6, 6.07) is 6.04. The van der Waals surface area contributed by atoms with Crippen LogP contribution in [0.3, 0.4) is 0 Å². The third-order valence-electron chi connectivity index (χ3n) is 7.29. The number of hydrogen-bond donors (Lipinski definition) is 3. The number of aromatic carboxylic acids is 1. The average molecular weight is 444 g/mol. The fourth-order valence-electron chi connectivity index (χ4n) is 6.42. The van der Waals surface area contributed by atoms with E-state index in [0.29, 0.717) is 36.1 Å². The largest absolute Gasteiger partial charge is 0.481 e. The third-order valence-corrected chi connectivity index (χ3v) is 7.66. The monoisotopic (exact) mass is 443 g/mol. The molecule has 6 rings (SSSR count). The van der Waals surface area contributed by atoms with E-state index in [-0.39, 0.29) is 16.5 Å². The molecule has 1 heterocycles. The van der Waals surface area contributed by atoms with Crippen molar-refractivity contribution in [1.29, 1.82) is 0 Å². The molecule has 4 aliphatic rings. The molecule has 1 aromatic carbocycles. The SMILES string of the molecule is O=C(O)c1ccc(Nc2cnn(C34CC5CC(CC(C5)C3C(=O)O)C4)c(=O)c2Cl)cc1. The average Bonchev–Trinajstić information content (AvgIpc) is 2.70. The van der Waals surface area contributed by atoms with Crippen LogP contribution in [0.5, 0.6) is 0 Å². The number of halogens is 1. The molecule has 1 aromatic heterocycles. The van der Waals surface area contributed by atoms with Crippen molar-refractivity contribution >= 4 is 34.9 Å². The van der Waals surface area contributed by atoms with Gasteiger partial charge in [0.15, 0.2) is 0 Å². The van der Waals surface area contributed by atoms with Crippen molar-refractivity contribution in [3.8, 4) is 0 Å². The topological polar surface area (TPSA) is 122 Å². The van der Waals surface area contributed by atoms with E-state index in [1.807, 2.05) is 0 Å². The van der Waals surface area contributed by atoms with E-state index in [1.165, 1.54) is 23.0 Å². The molecular weight excluding hydrogens is 422 g/mol. The minimum atomic E-state index is -1.03. The van der Waals surface area contributed by atoms with E-state index >= 15 is 0 Å². The lowest BCUT2D eigenvalue weighted by Gasteiger charge is -2.59. The van der Waals surface area contributed by atoms with Gasteiger partial charge in [-0.05, 0) is 74.1 Å². The predicted octanol–water partition coefficient (Wildman–Crippen LogP) is 3.57. The number of rotatable bonds is 5. The normalized spacial score (nSPS) is 30.9. The van der Waals surface area contributed by atoms with Crippen LogP contribution in [0.15, 0.2) is 35.3 Å². The van der Waals surface area contributed by atoms with E-state index in [0.717, 1.165) is 19.3 Å². The van der Waals surface area contributed by atoms with Crippen LogP contribution in [0.4, 0.5) is 11.4 Å². The summed E-state index contributed by atoms with van der Waals surface area (Å²) in [4.78, 5) is 36.5. The molecule has 31 heavy (non-hydrogen) atoms. The van der Waals surface area contributed by atoms with Crippen LogP contribution < -0.4 is 10.9 Å². The van der Waals surface area contributed by atoms with Crippen molar-refractivity contribution < 1.29 is 19.8 Å². The summed E-state index contributed by atoms with van der Waals surface area (Å²) in [6.45, 7) is 0. The molecule has 3 atom stereocenters. The van der Waals surface area contributed by atoms with Gasteiger partial charge in [0.1, 0.15) is 5.02 Å². The van der Waals surface area contributed by atoms with Crippen LogP contribution in [0.1, 0.15) is 42.5 Å². The van der Waals surface area contributed by atoms with Crippen molar-refractivity contribution in [3.05, 3.63) is 51.4 Å². The summed E-state index contributed by atoms with van der Waals surface area (Å²) in [5.74, 6) is -1.62. The summed E-state index contributed by atoms with van der Waals surface area (Å²) < 4.78 is 1.34. The van der Waals surface area contributed by atoms with Crippen LogP contribution in [0.25, 0.3) is 0 Å². The van der Waals surface area contributed by atoms with Crippen molar-refractivity contribution in [2.75, 3.05) is 5.32 Å². The zero-order chi connectivity index (χ0) is 21.9. The van der Waals surface area contributed by atoms with E-state index in [9.17, 15) is 19.5 Å². The van der Waals surface area contributed by atoms with Gasteiger partial charge in [-0.3, -0.25) is 9.59 Å². The van der Waals surface area contributed by atoms with Crippen molar-refractivity contribution in [2.24, 2.45) is 23.7 Å². The molecule has 0 radical (unpaired) electrons. The smallest absolute Gasteiger partial charge is 0.335 e. The minimum absolute atomic E-state index is 0.0582. The highest BCUT2D eigenvalue weighted by Crippen LogP contribution is 2.61. The van der Waals surface area contributed by atoms with Gasteiger partial charge in [-0.1, -0.05) is 11.6 Å². The Hall–Kier alpha value is -2.87. The number of benzene rings is 1. The van der Waals surface area contributed by atoms with E-state index in [2.05, 4.69) is 10.4 Å². The molecule has 2 aromatic rings. The number of carboxylic acids is 2. The second-order valence-electron chi connectivity index (χ2n) is 9.12. The quantitative estimate of drug-likeness (QED) is 0.645. The fourth-order valence-corrected chi connectivity index (χ4v) is 6.60. The van der Waals surface area contributed by atoms with Crippen LogP contribution in [-0.2, 0) is 10.3 Å². The summed E-state index contributed by atoms with van der Waals surface area (Å²) in [7, 11) is 0. The van der Waals surface area contributed by atoms with Gasteiger partial charge in [-0.25, -0.2) is 9.48 Å². The van der Waals surface area contributed by atoms with E-state index in [1.54, 1.807) is 12.1 Å². The molecule has 9 heteroatoms. The highest BCUT2D eigenvalue weighted by Gasteiger charge is 2.61.